The minimum Gasteiger partial charge on any atom is -0.478 e. The minimum atomic E-state index is -4.31. The number of carboxylic acid groups (broad SMARTS) is 1. The molecule has 5 N–H and O–H groups in total. The van der Waals surface area contributed by atoms with Gasteiger partial charge >= 0.3 is 5.97 Å². The number of fused-ring (bicyclic) bond motifs is 1. The average Bonchev–Trinajstić information content (AvgIpc) is 3.19. The van der Waals surface area contributed by atoms with Crippen LogP contribution in [0.3, 0.4) is 0 Å². The third-order valence-corrected chi connectivity index (χ3v) is 7.03. The highest BCUT2D eigenvalue weighted by molar-refractivity contribution is 7.86. The minimum absolute atomic E-state index is 0.0139. The predicted octanol–water partition coefficient (Wildman–Crippen LogP) is 2.58. The second-order valence-corrected chi connectivity index (χ2v) is 11.5. The van der Waals surface area contributed by atoms with Crippen molar-refractivity contribution in [3.05, 3.63) is 34.9 Å². The molecule has 18 heteroatoms. The number of aromatic nitrogens is 2. The van der Waals surface area contributed by atoms with Gasteiger partial charge in [-0.1, -0.05) is 11.3 Å². The van der Waals surface area contributed by atoms with Gasteiger partial charge in [-0.3, -0.25) is 9.11 Å². The van der Waals surface area contributed by atoms with Gasteiger partial charge in [-0.05, 0) is 25.1 Å². The number of anilines is 2. The van der Waals surface area contributed by atoms with Crippen LogP contribution in [0, 0.1) is 18.3 Å². The molecule has 196 valence electrons. The SMILES string of the molecule is Cc1c(C#N)c(NCCS(=O)(=O)O)nc(NCCS(=O)(=O)O)c1N=Nc1nc2ccc(C(=O)O)cc2s1. The normalized spacial score (nSPS) is 12.1. The number of aromatic carboxylic acids is 1. The summed E-state index contributed by atoms with van der Waals surface area (Å²) in [6.45, 7) is 0.937. The van der Waals surface area contributed by atoms with Crippen LogP contribution in [0.4, 0.5) is 22.5 Å². The van der Waals surface area contributed by atoms with E-state index in [0.717, 1.165) is 11.3 Å². The van der Waals surface area contributed by atoms with Crippen LogP contribution in [0.25, 0.3) is 10.2 Å². The Balaban J connectivity index is 2.01. The topological polar surface area (TPSA) is 244 Å². The lowest BCUT2D eigenvalue weighted by atomic mass is 10.1. The molecule has 0 saturated heterocycles. The molecule has 37 heavy (non-hydrogen) atoms. The number of nitrogens with zero attached hydrogens (tertiary/aromatic N) is 5. The molecule has 0 bridgehead atoms. The number of nitrogens with one attached hydrogen (secondary N) is 2. The van der Waals surface area contributed by atoms with Crippen LogP contribution >= 0.6 is 11.3 Å². The van der Waals surface area contributed by atoms with E-state index in [9.17, 15) is 26.9 Å². The van der Waals surface area contributed by atoms with Crippen LogP contribution in [0.2, 0.25) is 0 Å². The lowest BCUT2D eigenvalue weighted by Gasteiger charge is -2.15. The summed E-state index contributed by atoms with van der Waals surface area (Å²) in [6.07, 6.45) is 0. The molecule has 2 aromatic heterocycles. The van der Waals surface area contributed by atoms with Crippen LogP contribution < -0.4 is 10.6 Å². The zero-order valence-electron chi connectivity index (χ0n) is 18.9. The molecule has 0 amide bonds. The van der Waals surface area contributed by atoms with E-state index in [1.54, 1.807) is 0 Å². The van der Waals surface area contributed by atoms with Crippen molar-refractivity contribution in [1.82, 2.24) is 9.97 Å². The Morgan fingerprint density at radius 2 is 1.68 bits per heavy atom. The monoisotopic (exact) mass is 569 g/mol. The molecule has 0 spiro atoms. The molecule has 3 rings (SSSR count). The van der Waals surface area contributed by atoms with Gasteiger partial charge in [-0.2, -0.15) is 22.1 Å². The molecular weight excluding hydrogens is 550 g/mol. The molecule has 2 heterocycles. The zero-order valence-corrected chi connectivity index (χ0v) is 21.4. The summed E-state index contributed by atoms with van der Waals surface area (Å²) in [5.74, 6) is -2.52. The number of pyridine rings is 1. The van der Waals surface area contributed by atoms with E-state index >= 15 is 0 Å². The summed E-state index contributed by atoms with van der Waals surface area (Å²) in [7, 11) is -8.59. The van der Waals surface area contributed by atoms with Crippen molar-refractivity contribution in [2.45, 2.75) is 6.92 Å². The number of benzene rings is 1. The van der Waals surface area contributed by atoms with Crippen molar-refractivity contribution in [2.75, 3.05) is 35.2 Å². The molecule has 3 aromatic rings. The second kappa shape index (κ2) is 11.1. The fraction of sp³-hybridized carbons (Fsp3) is 0.263. The maximum absolute atomic E-state index is 11.2. The number of hydrogen-bond donors (Lipinski definition) is 5. The summed E-state index contributed by atoms with van der Waals surface area (Å²) in [5, 5.41) is 32.5. The lowest BCUT2D eigenvalue weighted by Crippen LogP contribution is -2.18. The zero-order chi connectivity index (χ0) is 27.4. The molecule has 0 aliphatic heterocycles. The quantitative estimate of drug-likeness (QED) is 0.165. The number of thiazole rings is 1. The number of rotatable bonds is 11. The summed E-state index contributed by atoms with van der Waals surface area (Å²) in [5.41, 5.74) is 0.833. The first-order chi connectivity index (χ1) is 17.3. The van der Waals surface area contributed by atoms with Crippen molar-refractivity contribution >= 4 is 70.2 Å². The molecule has 0 atom stereocenters. The molecule has 0 aliphatic carbocycles. The third kappa shape index (κ3) is 7.61. The number of carboxylic acids is 1. The van der Waals surface area contributed by atoms with Crippen LogP contribution in [-0.2, 0) is 20.2 Å². The largest absolute Gasteiger partial charge is 0.478 e. The van der Waals surface area contributed by atoms with E-state index in [1.807, 2.05) is 6.07 Å². The molecule has 15 nitrogen and oxygen atoms in total. The molecule has 1 aromatic carbocycles. The Labute approximate surface area is 214 Å². The molecule has 0 aliphatic rings. The van der Waals surface area contributed by atoms with Crippen LogP contribution in [0.1, 0.15) is 21.5 Å². The Morgan fingerprint density at radius 1 is 1.05 bits per heavy atom. The smallest absolute Gasteiger partial charge is 0.335 e. The van der Waals surface area contributed by atoms with Gasteiger partial charge in [0.2, 0.25) is 5.13 Å². The number of hydrogen-bond acceptors (Lipinski definition) is 13. The average molecular weight is 570 g/mol. The fourth-order valence-corrected chi connectivity index (χ4v) is 4.53. The van der Waals surface area contributed by atoms with Gasteiger partial charge < -0.3 is 15.7 Å². The first kappa shape index (κ1) is 27.8. The van der Waals surface area contributed by atoms with E-state index in [2.05, 4.69) is 30.8 Å². The summed E-state index contributed by atoms with van der Waals surface area (Å²) in [4.78, 5) is 19.6. The summed E-state index contributed by atoms with van der Waals surface area (Å²) < 4.78 is 62.7. The molecule has 0 unspecified atom stereocenters. The molecule has 0 saturated carbocycles. The maximum atomic E-state index is 11.2. The van der Waals surface area contributed by atoms with Gasteiger partial charge in [0.05, 0.1) is 32.8 Å². The maximum Gasteiger partial charge on any atom is 0.335 e. The van der Waals surface area contributed by atoms with Crippen molar-refractivity contribution in [3.63, 3.8) is 0 Å². The Hall–Kier alpha value is -3.76. The Kier molecular flexibility index (Phi) is 8.35. The van der Waals surface area contributed by atoms with Gasteiger partial charge in [0.1, 0.15) is 17.6 Å². The van der Waals surface area contributed by atoms with Crippen molar-refractivity contribution in [3.8, 4) is 6.07 Å². The van der Waals surface area contributed by atoms with Crippen molar-refractivity contribution < 1.29 is 35.8 Å². The predicted molar refractivity (Wildman–Crippen MR) is 134 cm³/mol. The summed E-state index contributed by atoms with van der Waals surface area (Å²) in [6, 6.07) is 6.27. The Morgan fingerprint density at radius 3 is 2.24 bits per heavy atom. The van der Waals surface area contributed by atoms with Gasteiger partial charge in [-0.25, -0.2) is 14.8 Å². The van der Waals surface area contributed by atoms with Crippen LogP contribution in [-0.4, -0.2) is 71.6 Å². The number of carbonyl (C=O) groups is 1. The van der Waals surface area contributed by atoms with E-state index in [-0.39, 0.29) is 52.2 Å². The van der Waals surface area contributed by atoms with Crippen LogP contribution in [0.5, 0.6) is 0 Å². The third-order valence-electron chi connectivity index (χ3n) is 4.69. The standard InChI is InChI=1S/C19H19N7O8S3/c1-10-12(9-20)16(21-4-6-36(29,30)31)24-17(22-5-7-37(32,33)34)15(10)25-26-19-23-13-3-2-11(18(27)28)8-14(13)35-19/h2-3,8H,4-7H2,1H3,(H,27,28)(H2,21,22,24)(H,29,30,31)(H,32,33,34). The molecule has 0 radical (unpaired) electrons. The number of nitriles is 1. The highest BCUT2D eigenvalue weighted by Crippen LogP contribution is 2.36. The van der Waals surface area contributed by atoms with Gasteiger partial charge in [0.15, 0.2) is 5.82 Å². The molecule has 0 fully saturated rings. The first-order valence-corrected chi connectivity index (χ1v) is 14.2. The Bertz CT molecular complexity index is 1640. The van der Waals surface area contributed by atoms with Gasteiger partial charge in [0.25, 0.3) is 20.2 Å². The summed E-state index contributed by atoms with van der Waals surface area (Å²) >= 11 is 1.06. The van der Waals surface area contributed by atoms with Crippen molar-refractivity contribution in [1.29, 1.82) is 5.26 Å². The van der Waals surface area contributed by atoms with Crippen molar-refractivity contribution in [2.24, 2.45) is 10.2 Å². The second-order valence-electron chi connectivity index (χ2n) is 7.38. The van der Waals surface area contributed by atoms with E-state index in [0.29, 0.717) is 10.2 Å². The first-order valence-electron chi connectivity index (χ1n) is 10.2. The van der Waals surface area contributed by atoms with E-state index < -0.39 is 37.7 Å². The lowest BCUT2D eigenvalue weighted by molar-refractivity contribution is 0.0697. The molecular formula is C19H19N7O8S3. The fourth-order valence-electron chi connectivity index (χ4n) is 2.98. The van der Waals surface area contributed by atoms with Gasteiger partial charge in [-0.15, -0.1) is 10.2 Å². The van der Waals surface area contributed by atoms with E-state index in [4.69, 9.17) is 14.2 Å². The van der Waals surface area contributed by atoms with Crippen LogP contribution in [0.15, 0.2) is 28.4 Å². The number of azo groups is 1. The highest BCUT2D eigenvalue weighted by atomic mass is 32.2. The van der Waals surface area contributed by atoms with Gasteiger partial charge in [0, 0.05) is 18.7 Å². The highest BCUT2D eigenvalue weighted by Gasteiger charge is 2.19. The van der Waals surface area contributed by atoms with E-state index in [1.165, 1.54) is 25.1 Å².